The molecule has 0 fully saturated rings. The predicted molar refractivity (Wildman–Crippen MR) is 88.2 cm³/mol. The van der Waals surface area contributed by atoms with E-state index in [-0.39, 0.29) is 0 Å². The van der Waals surface area contributed by atoms with E-state index < -0.39 is 6.10 Å². The molecule has 2 aromatic rings. The fourth-order valence-corrected chi connectivity index (χ4v) is 1.73. The maximum Gasteiger partial charge on any atom is 0.140 e. The largest absolute Gasteiger partial charge is 0.497 e. The van der Waals surface area contributed by atoms with Gasteiger partial charge in [-0.25, -0.2) is 0 Å². The maximum absolute atomic E-state index is 9.93. The lowest BCUT2D eigenvalue weighted by Gasteiger charge is -2.04. The lowest BCUT2D eigenvalue weighted by atomic mass is 10.1. The number of rotatable bonds is 2. The van der Waals surface area contributed by atoms with Gasteiger partial charge in [0.2, 0.25) is 0 Å². The number of allylic oxidation sites excluding steroid dienone is 2. The van der Waals surface area contributed by atoms with Crippen LogP contribution in [0.2, 0.25) is 0 Å². The molecule has 1 N–H and O–H groups in total. The second-order valence-corrected chi connectivity index (χ2v) is 4.43. The molecule has 2 rings (SSSR count). The van der Waals surface area contributed by atoms with Gasteiger partial charge in [-0.3, -0.25) is 0 Å². The van der Waals surface area contributed by atoms with Crippen molar-refractivity contribution in [3.05, 3.63) is 77.9 Å². The van der Waals surface area contributed by atoms with Crippen molar-refractivity contribution in [1.82, 2.24) is 0 Å². The summed E-state index contributed by atoms with van der Waals surface area (Å²) in [6.45, 7) is 0. The molecule has 0 saturated heterocycles. The van der Waals surface area contributed by atoms with Crippen LogP contribution in [-0.2, 0) is 0 Å². The molecule has 2 aromatic carbocycles. The molecule has 0 aliphatic heterocycles. The third-order valence-electron chi connectivity index (χ3n) is 2.89. The van der Waals surface area contributed by atoms with Gasteiger partial charge in [0.1, 0.15) is 11.9 Å². The summed E-state index contributed by atoms with van der Waals surface area (Å²) in [5.74, 6) is 12.2. The number of aliphatic hydroxyl groups is 1. The zero-order valence-electron chi connectivity index (χ0n) is 12.3. The Balaban J connectivity index is 1.92. The quantitative estimate of drug-likeness (QED) is 0.859. The first-order valence-electron chi connectivity index (χ1n) is 6.84. The number of ether oxygens (including phenoxy) is 1. The fraction of sp³-hybridized carbons (Fsp3) is 0.100. The normalized spacial score (nSPS) is 11.0. The molecule has 2 nitrogen and oxygen atoms in total. The fourth-order valence-electron chi connectivity index (χ4n) is 1.73. The molecular formula is C20H16O2. The Kier molecular flexibility index (Phi) is 5.88. The van der Waals surface area contributed by atoms with Gasteiger partial charge in [0, 0.05) is 5.56 Å². The van der Waals surface area contributed by atoms with E-state index in [1.54, 1.807) is 43.5 Å². The molecule has 108 valence electrons. The molecule has 1 unspecified atom stereocenters. The van der Waals surface area contributed by atoms with Crippen molar-refractivity contribution in [2.45, 2.75) is 6.10 Å². The Morgan fingerprint density at radius 3 is 2.32 bits per heavy atom. The zero-order valence-corrected chi connectivity index (χ0v) is 12.3. The molecule has 0 saturated carbocycles. The lowest BCUT2D eigenvalue weighted by molar-refractivity contribution is 0.238. The monoisotopic (exact) mass is 288 g/mol. The minimum atomic E-state index is -0.822. The molecule has 0 bridgehead atoms. The average molecular weight is 288 g/mol. The van der Waals surface area contributed by atoms with Crippen molar-refractivity contribution in [3.63, 3.8) is 0 Å². The minimum Gasteiger partial charge on any atom is -0.497 e. The van der Waals surface area contributed by atoms with Crippen LogP contribution in [0.5, 0.6) is 5.75 Å². The summed E-state index contributed by atoms with van der Waals surface area (Å²) in [5, 5.41) is 9.93. The SMILES string of the molecule is COc1ccc(C(O)C#C/C=C\C#Cc2ccccc2)cc1. The van der Waals surface area contributed by atoms with E-state index in [4.69, 9.17) is 4.74 Å². The van der Waals surface area contributed by atoms with E-state index in [1.165, 1.54) is 0 Å². The molecule has 0 radical (unpaired) electrons. The standard InChI is InChI=1S/C20H16O2/c1-22-19-15-13-18(14-16-19)20(21)12-8-3-2-5-9-17-10-6-4-7-11-17/h2-4,6-7,10-11,13-16,20-21H,1H3/b3-2-. The van der Waals surface area contributed by atoms with Gasteiger partial charge < -0.3 is 9.84 Å². The minimum absolute atomic E-state index is 0.733. The van der Waals surface area contributed by atoms with Gasteiger partial charge in [0.25, 0.3) is 0 Å². The first-order chi connectivity index (χ1) is 10.8. The van der Waals surface area contributed by atoms with Crippen molar-refractivity contribution >= 4 is 0 Å². The molecule has 0 spiro atoms. The number of hydrogen-bond donors (Lipinski definition) is 1. The molecule has 0 heterocycles. The molecule has 0 aromatic heterocycles. The van der Waals surface area contributed by atoms with Crippen LogP contribution in [0, 0.1) is 23.7 Å². The van der Waals surface area contributed by atoms with Crippen molar-refractivity contribution in [2.75, 3.05) is 7.11 Å². The number of aliphatic hydroxyl groups excluding tert-OH is 1. The predicted octanol–water partition coefficient (Wildman–Crippen LogP) is 3.34. The smallest absolute Gasteiger partial charge is 0.140 e. The van der Waals surface area contributed by atoms with E-state index >= 15 is 0 Å². The van der Waals surface area contributed by atoms with Gasteiger partial charge >= 0.3 is 0 Å². The van der Waals surface area contributed by atoms with E-state index in [0.717, 1.165) is 16.9 Å². The van der Waals surface area contributed by atoms with Crippen LogP contribution in [0.15, 0.2) is 66.7 Å². The first kappa shape index (κ1) is 15.4. The summed E-state index contributed by atoms with van der Waals surface area (Å²) in [6.07, 6.45) is 2.47. The highest BCUT2D eigenvalue weighted by molar-refractivity contribution is 5.38. The molecule has 22 heavy (non-hydrogen) atoms. The Hall–Kier alpha value is -2.94. The number of methoxy groups -OCH3 is 1. The molecular weight excluding hydrogens is 272 g/mol. The Morgan fingerprint density at radius 2 is 1.64 bits per heavy atom. The highest BCUT2D eigenvalue weighted by atomic mass is 16.5. The maximum atomic E-state index is 9.93. The summed E-state index contributed by atoms with van der Waals surface area (Å²) < 4.78 is 5.07. The molecule has 0 aliphatic rings. The van der Waals surface area contributed by atoms with Gasteiger partial charge in [0.15, 0.2) is 0 Å². The van der Waals surface area contributed by atoms with E-state index in [0.29, 0.717) is 0 Å². The van der Waals surface area contributed by atoms with E-state index in [9.17, 15) is 5.11 Å². The van der Waals surface area contributed by atoms with E-state index in [2.05, 4.69) is 23.7 Å². The van der Waals surface area contributed by atoms with Crippen LogP contribution >= 0.6 is 0 Å². The van der Waals surface area contributed by atoms with Gasteiger partial charge in [-0.1, -0.05) is 54.0 Å². The summed E-state index contributed by atoms with van der Waals surface area (Å²) in [6, 6.07) is 16.9. The van der Waals surface area contributed by atoms with Crippen molar-refractivity contribution in [1.29, 1.82) is 0 Å². The van der Waals surface area contributed by atoms with Crippen molar-refractivity contribution in [3.8, 4) is 29.4 Å². The molecule has 0 amide bonds. The summed E-state index contributed by atoms with van der Waals surface area (Å²) in [5.41, 5.74) is 1.69. The highest BCUT2D eigenvalue weighted by Gasteiger charge is 2.02. The van der Waals surface area contributed by atoms with Crippen LogP contribution in [0.3, 0.4) is 0 Å². The number of hydrogen-bond acceptors (Lipinski definition) is 2. The second kappa shape index (κ2) is 8.37. The third-order valence-corrected chi connectivity index (χ3v) is 2.89. The average Bonchev–Trinajstić information content (AvgIpc) is 2.58. The van der Waals surface area contributed by atoms with Crippen LogP contribution in [0.1, 0.15) is 17.2 Å². The van der Waals surface area contributed by atoms with Gasteiger partial charge in [-0.15, -0.1) is 0 Å². The molecule has 0 aliphatic carbocycles. The van der Waals surface area contributed by atoms with Crippen LogP contribution < -0.4 is 4.74 Å². The molecule has 1 atom stereocenters. The summed E-state index contributed by atoms with van der Waals surface area (Å²) in [7, 11) is 1.60. The summed E-state index contributed by atoms with van der Waals surface area (Å²) in [4.78, 5) is 0. The Bertz CT molecular complexity index is 736. The number of benzene rings is 2. The van der Waals surface area contributed by atoms with Crippen LogP contribution in [0.25, 0.3) is 0 Å². The lowest BCUT2D eigenvalue weighted by Crippen LogP contribution is -1.93. The van der Waals surface area contributed by atoms with Crippen LogP contribution in [0.4, 0.5) is 0 Å². The molecule has 2 heteroatoms. The first-order valence-corrected chi connectivity index (χ1v) is 6.84. The zero-order chi connectivity index (χ0) is 15.6. The van der Waals surface area contributed by atoms with E-state index in [1.807, 2.05) is 30.3 Å². The van der Waals surface area contributed by atoms with Gasteiger partial charge in [0.05, 0.1) is 7.11 Å². The topological polar surface area (TPSA) is 29.5 Å². The van der Waals surface area contributed by atoms with Crippen molar-refractivity contribution in [2.24, 2.45) is 0 Å². The Labute approximate surface area is 131 Å². The third kappa shape index (κ3) is 4.87. The summed E-state index contributed by atoms with van der Waals surface area (Å²) >= 11 is 0. The Morgan fingerprint density at radius 1 is 0.955 bits per heavy atom. The highest BCUT2D eigenvalue weighted by Crippen LogP contribution is 2.16. The van der Waals surface area contributed by atoms with Crippen LogP contribution in [-0.4, -0.2) is 12.2 Å². The second-order valence-electron chi connectivity index (χ2n) is 4.43. The van der Waals surface area contributed by atoms with Crippen molar-refractivity contribution < 1.29 is 9.84 Å². The van der Waals surface area contributed by atoms with Gasteiger partial charge in [-0.2, -0.15) is 0 Å². The van der Waals surface area contributed by atoms with Gasteiger partial charge in [-0.05, 0) is 42.0 Å².